The molecule has 1 saturated heterocycles. The molecular formula is C14H18FNO2. The standard InChI is InChI=1S/C14H18FNO2/c15-13-7-4-5-11(9-17)14(13)16-8-3-1-2-6-12(16)10-18/h4-5,7,9,12,18H,1-3,6,8,10H2. The van der Waals surface area contributed by atoms with Gasteiger partial charge in [0.1, 0.15) is 5.82 Å². The fourth-order valence-corrected chi connectivity index (χ4v) is 2.59. The molecule has 0 saturated carbocycles. The van der Waals surface area contributed by atoms with Gasteiger partial charge in [-0.3, -0.25) is 4.79 Å². The van der Waals surface area contributed by atoms with Crippen molar-refractivity contribution in [2.75, 3.05) is 18.1 Å². The molecule has 1 aromatic carbocycles. The summed E-state index contributed by atoms with van der Waals surface area (Å²) >= 11 is 0. The molecular weight excluding hydrogens is 233 g/mol. The Morgan fingerprint density at radius 3 is 2.94 bits per heavy atom. The number of nitrogens with zero attached hydrogens (tertiary/aromatic N) is 1. The van der Waals surface area contributed by atoms with E-state index in [0.717, 1.165) is 25.7 Å². The number of halogens is 1. The van der Waals surface area contributed by atoms with E-state index in [-0.39, 0.29) is 18.5 Å². The molecule has 0 aliphatic carbocycles. The zero-order chi connectivity index (χ0) is 13.0. The maximum atomic E-state index is 14.0. The number of hydrogen-bond acceptors (Lipinski definition) is 3. The minimum Gasteiger partial charge on any atom is -0.394 e. The van der Waals surface area contributed by atoms with Gasteiger partial charge in [-0.25, -0.2) is 4.39 Å². The van der Waals surface area contributed by atoms with Crippen LogP contribution in [0, 0.1) is 5.82 Å². The van der Waals surface area contributed by atoms with E-state index in [1.54, 1.807) is 6.07 Å². The first kappa shape index (κ1) is 13.0. The molecule has 1 fully saturated rings. The van der Waals surface area contributed by atoms with Crippen molar-refractivity contribution >= 4 is 12.0 Å². The first-order chi connectivity index (χ1) is 8.77. The first-order valence-corrected chi connectivity index (χ1v) is 6.39. The average Bonchev–Trinajstić information content (AvgIpc) is 2.63. The second-order valence-corrected chi connectivity index (χ2v) is 4.67. The van der Waals surface area contributed by atoms with Crippen LogP contribution in [0.4, 0.5) is 10.1 Å². The summed E-state index contributed by atoms with van der Waals surface area (Å²) in [5.41, 5.74) is 0.698. The Kier molecular flexibility index (Phi) is 4.31. The van der Waals surface area contributed by atoms with Gasteiger partial charge < -0.3 is 10.0 Å². The van der Waals surface area contributed by atoms with Crippen LogP contribution in [0.5, 0.6) is 0 Å². The predicted octanol–water partition coefficient (Wildman–Crippen LogP) is 2.38. The van der Waals surface area contributed by atoms with E-state index in [0.29, 0.717) is 24.1 Å². The van der Waals surface area contributed by atoms with Crippen molar-refractivity contribution < 1.29 is 14.3 Å². The van der Waals surface area contributed by atoms with E-state index in [1.807, 2.05) is 4.90 Å². The molecule has 2 rings (SSSR count). The molecule has 3 nitrogen and oxygen atoms in total. The highest BCUT2D eigenvalue weighted by Crippen LogP contribution is 2.29. The van der Waals surface area contributed by atoms with Gasteiger partial charge in [0, 0.05) is 12.1 Å². The molecule has 0 amide bonds. The molecule has 0 bridgehead atoms. The van der Waals surface area contributed by atoms with Crippen LogP contribution in [-0.4, -0.2) is 30.6 Å². The van der Waals surface area contributed by atoms with E-state index in [2.05, 4.69) is 0 Å². The molecule has 1 aliphatic rings. The fourth-order valence-electron chi connectivity index (χ4n) is 2.59. The van der Waals surface area contributed by atoms with Crippen LogP contribution in [0.3, 0.4) is 0 Å². The molecule has 0 aromatic heterocycles. The molecule has 4 heteroatoms. The summed E-state index contributed by atoms with van der Waals surface area (Å²) in [4.78, 5) is 12.9. The zero-order valence-corrected chi connectivity index (χ0v) is 10.3. The molecule has 1 aromatic rings. The van der Waals surface area contributed by atoms with Gasteiger partial charge in [-0.2, -0.15) is 0 Å². The van der Waals surface area contributed by atoms with Crippen LogP contribution < -0.4 is 4.90 Å². The molecule has 1 unspecified atom stereocenters. The number of aliphatic hydroxyl groups excluding tert-OH is 1. The van der Waals surface area contributed by atoms with Crippen molar-refractivity contribution in [1.82, 2.24) is 0 Å². The molecule has 1 heterocycles. The van der Waals surface area contributed by atoms with Crippen LogP contribution >= 0.6 is 0 Å². The van der Waals surface area contributed by atoms with E-state index < -0.39 is 0 Å². The van der Waals surface area contributed by atoms with Gasteiger partial charge in [0.05, 0.1) is 18.3 Å². The molecule has 98 valence electrons. The summed E-state index contributed by atoms with van der Waals surface area (Å²) in [6, 6.07) is 4.42. The highest BCUT2D eigenvalue weighted by molar-refractivity contribution is 5.85. The van der Waals surface area contributed by atoms with E-state index in [1.165, 1.54) is 12.1 Å². The number of anilines is 1. The normalized spacial score (nSPS) is 20.6. The van der Waals surface area contributed by atoms with Gasteiger partial charge in [-0.05, 0) is 25.0 Å². The average molecular weight is 251 g/mol. The lowest BCUT2D eigenvalue weighted by molar-refractivity contribution is 0.112. The quantitative estimate of drug-likeness (QED) is 0.838. The summed E-state index contributed by atoms with van der Waals surface area (Å²) < 4.78 is 14.0. The SMILES string of the molecule is O=Cc1cccc(F)c1N1CCCCCC1CO. The number of para-hydroxylation sites is 1. The van der Waals surface area contributed by atoms with Crippen LogP contribution in [0.1, 0.15) is 36.0 Å². The molecule has 0 spiro atoms. The Labute approximate surface area is 106 Å². The number of benzene rings is 1. The van der Waals surface area contributed by atoms with Crippen LogP contribution in [0.2, 0.25) is 0 Å². The lowest BCUT2D eigenvalue weighted by Crippen LogP contribution is -2.38. The Morgan fingerprint density at radius 1 is 1.39 bits per heavy atom. The number of carbonyl (C=O) groups is 1. The predicted molar refractivity (Wildman–Crippen MR) is 68.5 cm³/mol. The van der Waals surface area contributed by atoms with Crippen LogP contribution in [0.25, 0.3) is 0 Å². The van der Waals surface area contributed by atoms with Gasteiger partial charge in [-0.15, -0.1) is 0 Å². The van der Waals surface area contributed by atoms with Gasteiger partial charge in [0.25, 0.3) is 0 Å². The number of aliphatic hydroxyl groups is 1. The summed E-state index contributed by atoms with van der Waals surface area (Å²) in [6.07, 6.45) is 4.59. The Bertz CT molecular complexity index is 422. The van der Waals surface area contributed by atoms with E-state index in [4.69, 9.17) is 0 Å². The summed E-state index contributed by atoms with van der Waals surface area (Å²) in [7, 11) is 0. The van der Waals surface area contributed by atoms with E-state index >= 15 is 0 Å². The maximum Gasteiger partial charge on any atom is 0.152 e. The smallest absolute Gasteiger partial charge is 0.152 e. The summed E-state index contributed by atoms with van der Waals surface area (Å²) in [6.45, 7) is 0.680. The topological polar surface area (TPSA) is 40.5 Å². The number of hydrogen-bond donors (Lipinski definition) is 1. The largest absolute Gasteiger partial charge is 0.394 e. The highest BCUT2D eigenvalue weighted by Gasteiger charge is 2.24. The third kappa shape index (κ3) is 2.53. The van der Waals surface area contributed by atoms with Crippen molar-refractivity contribution in [2.24, 2.45) is 0 Å². The molecule has 1 atom stereocenters. The van der Waals surface area contributed by atoms with Crippen molar-refractivity contribution in [3.05, 3.63) is 29.6 Å². The highest BCUT2D eigenvalue weighted by atomic mass is 19.1. The first-order valence-electron chi connectivity index (χ1n) is 6.39. The van der Waals surface area contributed by atoms with Gasteiger partial charge in [0.15, 0.2) is 6.29 Å². The van der Waals surface area contributed by atoms with Crippen molar-refractivity contribution in [2.45, 2.75) is 31.7 Å². The minimum absolute atomic E-state index is 0.00731. The Morgan fingerprint density at radius 2 is 2.22 bits per heavy atom. The zero-order valence-electron chi connectivity index (χ0n) is 10.3. The van der Waals surface area contributed by atoms with Gasteiger partial charge in [-0.1, -0.05) is 18.9 Å². The second-order valence-electron chi connectivity index (χ2n) is 4.67. The second kappa shape index (κ2) is 5.96. The lowest BCUT2D eigenvalue weighted by atomic mass is 10.1. The third-order valence-corrected chi connectivity index (χ3v) is 3.52. The molecule has 0 radical (unpaired) electrons. The molecule has 1 N–H and O–H groups in total. The maximum absolute atomic E-state index is 14.0. The van der Waals surface area contributed by atoms with Crippen molar-refractivity contribution in [3.8, 4) is 0 Å². The number of rotatable bonds is 3. The Balaban J connectivity index is 2.40. The third-order valence-electron chi connectivity index (χ3n) is 3.52. The van der Waals surface area contributed by atoms with Crippen molar-refractivity contribution in [3.63, 3.8) is 0 Å². The summed E-state index contributed by atoms with van der Waals surface area (Å²) in [5.74, 6) is -0.389. The fraction of sp³-hybridized carbons (Fsp3) is 0.500. The van der Waals surface area contributed by atoms with Gasteiger partial charge >= 0.3 is 0 Å². The van der Waals surface area contributed by atoms with Crippen LogP contribution in [-0.2, 0) is 0 Å². The van der Waals surface area contributed by atoms with Crippen molar-refractivity contribution in [1.29, 1.82) is 0 Å². The van der Waals surface area contributed by atoms with Gasteiger partial charge in [0.2, 0.25) is 0 Å². The monoisotopic (exact) mass is 251 g/mol. The minimum atomic E-state index is -0.389. The number of aldehydes is 1. The summed E-state index contributed by atoms with van der Waals surface area (Å²) in [5, 5.41) is 9.45. The molecule has 18 heavy (non-hydrogen) atoms. The Hall–Kier alpha value is -1.42. The van der Waals surface area contributed by atoms with Crippen LogP contribution in [0.15, 0.2) is 18.2 Å². The lowest BCUT2D eigenvalue weighted by Gasteiger charge is -2.32. The number of carbonyl (C=O) groups excluding carboxylic acids is 1. The molecule has 1 aliphatic heterocycles. The van der Waals surface area contributed by atoms with E-state index in [9.17, 15) is 14.3 Å².